The maximum atomic E-state index is 12.6. The van der Waals surface area contributed by atoms with Crippen LogP contribution in [0.4, 0.5) is 0 Å². The zero-order valence-electron chi connectivity index (χ0n) is 15.9. The molecule has 1 saturated heterocycles. The molecule has 1 aliphatic rings. The maximum Gasteiger partial charge on any atom is 0.243 e. The molecule has 1 N–H and O–H groups in total. The summed E-state index contributed by atoms with van der Waals surface area (Å²) in [5.74, 6) is 0.326. The lowest BCUT2D eigenvalue weighted by molar-refractivity contribution is -0.122. The van der Waals surface area contributed by atoms with Crippen molar-refractivity contribution >= 4 is 15.9 Å². The highest BCUT2D eigenvalue weighted by molar-refractivity contribution is 7.89. The van der Waals surface area contributed by atoms with E-state index in [1.165, 1.54) is 4.31 Å². The summed E-state index contributed by atoms with van der Waals surface area (Å²) in [6.07, 6.45) is 1.95. The molecular weight excluding hydrogens is 350 g/mol. The molecule has 1 aliphatic heterocycles. The van der Waals surface area contributed by atoms with Crippen molar-refractivity contribution in [2.45, 2.75) is 38.0 Å². The summed E-state index contributed by atoms with van der Waals surface area (Å²) in [7, 11) is -3.42. The molecule has 0 spiro atoms. The van der Waals surface area contributed by atoms with E-state index in [1.54, 1.807) is 24.3 Å². The van der Waals surface area contributed by atoms with Crippen LogP contribution >= 0.6 is 0 Å². The zero-order chi connectivity index (χ0) is 19.0. The first-order chi connectivity index (χ1) is 12.5. The molecule has 0 aliphatic carbocycles. The summed E-state index contributed by atoms with van der Waals surface area (Å²) >= 11 is 0. The molecule has 7 heteroatoms. The van der Waals surface area contributed by atoms with Crippen molar-refractivity contribution in [2.24, 2.45) is 5.92 Å². The van der Waals surface area contributed by atoms with Crippen LogP contribution in [0.25, 0.3) is 0 Å². The molecule has 1 amide bonds. The minimum Gasteiger partial charge on any atom is -0.355 e. The number of hydrogen-bond acceptors (Lipinski definition) is 4. The van der Waals surface area contributed by atoms with Crippen molar-refractivity contribution in [3.05, 3.63) is 30.3 Å². The van der Waals surface area contributed by atoms with Crippen molar-refractivity contribution in [3.8, 4) is 0 Å². The van der Waals surface area contributed by atoms with E-state index >= 15 is 0 Å². The second-order valence-corrected chi connectivity index (χ2v) is 8.68. The van der Waals surface area contributed by atoms with Gasteiger partial charge >= 0.3 is 0 Å². The number of rotatable bonds is 9. The summed E-state index contributed by atoms with van der Waals surface area (Å²) in [6, 6.07) is 8.55. The Kier molecular flexibility index (Phi) is 8.06. The smallest absolute Gasteiger partial charge is 0.243 e. The van der Waals surface area contributed by atoms with Gasteiger partial charge in [0.25, 0.3) is 0 Å². The molecule has 146 valence electrons. The summed E-state index contributed by atoms with van der Waals surface area (Å²) in [4.78, 5) is 14.7. The molecule has 0 unspecified atom stereocenters. The van der Waals surface area contributed by atoms with Gasteiger partial charge in [0.2, 0.25) is 15.9 Å². The average Bonchev–Trinajstić information content (AvgIpc) is 2.66. The van der Waals surface area contributed by atoms with E-state index in [0.29, 0.717) is 31.0 Å². The van der Waals surface area contributed by atoms with E-state index in [-0.39, 0.29) is 11.8 Å². The first-order valence-corrected chi connectivity index (χ1v) is 11.0. The number of carbonyl (C=O) groups is 1. The number of nitrogens with zero attached hydrogens (tertiary/aromatic N) is 2. The van der Waals surface area contributed by atoms with Gasteiger partial charge < -0.3 is 10.2 Å². The summed E-state index contributed by atoms with van der Waals surface area (Å²) in [5.41, 5.74) is 0. The number of amides is 1. The molecule has 2 rings (SSSR count). The maximum absolute atomic E-state index is 12.6. The number of benzene rings is 1. The molecule has 6 nitrogen and oxygen atoms in total. The Morgan fingerprint density at radius 1 is 1.15 bits per heavy atom. The van der Waals surface area contributed by atoms with Gasteiger partial charge in [-0.25, -0.2) is 8.42 Å². The van der Waals surface area contributed by atoms with Crippen LogP contribution in [0.2, 0.25) is 0 Å². The quantitative estimate of drug-likeness (QED) is 0.710. The molecule has 0 radical (unpaired) electrons. The molecule has 0 aromatic heterocycles. The van der Waals surface area contributed by atoms with Gasteiger partial charge in [-0.05, 0) is 44.0 Å². The van der Waals surface area contributed by atoms with Crippen molar-refractivity contribution < 1.29 is 13.2 Å². The minimum atomic E-state index is -3.42. The largest absolute Gasteiger partial charge is 0.355 e. The molecule has 0 atom stereocenters. The van der Waals surface area contributed by atoms with Gasteiger partial charge in [0.05, 0.1) is 4.90 Å². The molecule has 0 bridgehead atoms. The predicted octanol–water partition coefficient (Wildman–Crippen LogP) is 1.94. The van der Waals surface area contributed by atoms with Crippen LogP contribution in [0.1, 0.15) is 33.1 Å². The number of piperidine rings is 1. The Morgan fingerprint density at radius 2 is 1.77 bits per heavy atom. The molecule has 1 aromatic carbocycles. The number of nitrogens with one attached hydrogen (secondary N) is 1. The lowest BCUT2D eigenvalue weighted by Gasteiger charge is -2.31. The van der Waals surface area contributed by atoms with Crippen LogP contribution in [0, 0.1) is 5.92 Å². The third-order valence-corrected chi connectivity index (χ3v) is 6.99. The van der Waals surface area contributed by atoms with Crippen LogP contribution < -0.4 is 5.32 Å². The predicted molar refractivity (Wildman–Crippen MR) is 103 cm³/mol. The first kappa shape index (κ1) is 20.9. The summed E-state index contributed by atoms with van der Waals surface area (Å²) in [6.45, 7) is 8.70. The molecule has 26 heavy (non-hydrogen) atoms. The van der Waals surface area contributed by atoms with Crippen LogP contribution in [-0.4, -0.2) is 62.8 Å². The molecule has 1 fully saturated rings. The standard InChI is InChI=1S/C19H31N3O3S/c1-3-21(4-2)15-12-20-19(23)16-17-10-13-22(14-11-17)26(24,25)18-8-6-5-7-9-18/h5-9,17H,3-4,10-16H2,1-2H3,(H,20,23). The molecular formula is C19H31N3O3S. The normalized spacial score (nSPS) is 16.7. The second kappa shape index (κ2) is 10.0. The van der Waals surface area contributed by atoms with Crippen LogP contribution in [0.3, 0.4) is 0 Å². The third-order valence-electron chi connectivity index (χ3n) is 5.07. The van der Waals surface area contributed by atoms with Gasteiger partial charge in [0.15, 0.2) is 0 Å². The van der Waals surface area contributed by atoms with Gasteiger partial charge in [-0.15, -0.1) is 0 Å². The van der Waals surface area contributed by atoms with E-state index in [1.807, 2.05) is 6.07 Å². The minimum absolute atomic E-state index is 0.0709. The fourth-order valence-electron chi connectivity index (χ4n) is 3.32. The van der Waals surface area contributed by atoms with E-state index < -0.39 is 10.0 Å². The summed E-state index contributed by atoms with van der Waals surface area (Å²) < 4.78 is 26.8. The topological polar surface area (TPSA) is 69.7 Å². The van der Waals surface area contributed by atoms with Gasteiger partial charge in [0.1, 0.15) is 0 Å². The van der Waals surface area contributed by atoms with Gasteiger partial charge in [-0.1, -0.05) is 32.0 Å². The van der Waals surface area contributed by atoms with Crippen molar-refractivity contribution in [1.29, 1.82) is 0 Å². The number of likely N-dealkylation sites (N-methyl/N-ethyl adjacent to an activating group) is 1. The van der Waals surface area contributed by atoms with Crippen molar-refractivity contribution in [2.75, 3.05) is 39.3 Å². The van der Waals surface area contributed by atoms with Gasteiger partial charge in [-0.2, -0.15) is 4.31 Å². The fraction of sp³-hybridized carbons (Fsp3) is 0.632. The summed E-state index contributed by atoms with van der Waals surface area (Å²) in [5, 5.41) is 2.98. The van der Waals surface area contributed by atoms with Crippen LogP contribution in [0.15, 0.2) is 35.2 Å². The number of hydrogen-bond donors (Lipinski definition) is 1. The third kappa shape index (κ3) is 5.79. The monoisotopic (exact) mass is 381 g/mol. The molecule has 0 saturated carbocycles. The Labute approximate surface area is 157 Å². The van der Waals surface area contributed by atoms with E-state index in [0.717, 1.165) is 32.5 Å². The molecule has 1 heterocycles. The van der Waals surface area contributed by atoms with Gasteiger partial charge in [-0.3, -0.25) is 4.79 Å². The second-order valence-electron chi connectivity index (χ2n) is 6.74. The zero-order valence-corrected chi connectivity index (χ0v) is 16.7. The Morgan fingerprint density at radius 3 is 2.35 bits per heavy atom. The average molecular weight is 382 g/mol. The SMILES string of the molecule is CCN(CC)CCNC(=O)CC1CCN(S(=O)(=O)c2ccccc2)CC1. The highest BCUT2D eigenvalue weighted by atomic mass is 32.2. The highest BCUT2D eigenvalue weighted by Gasteiger charge is 2.29. The Balaban J connectivity index is 1.75. The van der Waals surface area contributed by atoms with Crippen molar-refractivity contribution in [3.63, 3.8) is 0 Å². The Bertz CT molecular complexity index is 652. The lowest BCUT2D eigenvalue weighted by Crippen LogP contribution is -2.40. The number of sulfonamides is 1. The van der Waals surface area contributed by atoms with Crippen LogP contribution in [-0.2, 0) is 14.8 Å². The molecule has 1 aromatic rings. The fourth-order valence-corrected chi connectivity index (χ4v) is 4.81. The van der Waals surface area contributed by atoms with Gasteiger partial charge in [0, 0.05) is 32.6 Å². The van der Waals surface area contributed by atoms with E-state index in [9.17, 15) is 13.2 Å². The van der Waals surface area contributed by atoms with Crippen molar-refractivity contribution in [1.82, 2.24) is 14.5 Å². The van der Waals surface area contributed by atoms with E-state index in [2.05, 4.69) is 24.1 Å². The van der Waals surface area contributed by atoms with E-state index in [4.69, 9.17) is 0 Å². The highest BCUT2D eigenvalue weighted by Crippen LogP contribution is 2.25. The lowest BCUT2D eigenvalue weighted by atomic mass is 9.94. The van der Waals surface area contributed by atoms with Crippen LogP contribution in [0.5, 0.6) is 0 Å². The Hall–Kier alpha value is -1.44. The first-order valence-electron chi connectivity index (χ1n) is 9.51. The number of carbonyl (C=O) groups excluding carboxylic acids is 1.